The van der Waals surface area contributed by atoms with Crippen LogP contribution in [0.4, 0.5) is 5.82 Å². The van der Waals surface area contributed by atoms with Crippen molar-refractivity contribution in [3.63, 3.8) is 0 Å². The van der Waals surface area contributed by atoms with Gasteiger partial charge in [-0.05, 0) is 25.1 Å². The van der Waals surface area contributed by atoms with E-state index in [2.05, 4.69) is 25.3 Å². The van der Waals surface area contributed by atoms with Crippen molar-refractivity contribution in [2.24, 2.45) is 0 Å². The summed E-state index contributed by atoms with van der Waals surface area (Å²) >= 11 is 0. The zero-order valence-electron chi connectivity index (χ0n) is 15.0. The first kappa shape index (κ1) is 17.5. The lowest BCUT2D eigenvalue weighted by Crippen LogP contribution is -2.21. The van der Waals surface area contributed by atoms with Gasteiger partial charge in [0.25, 0.3) is 5.91 Å². The highest BCUT2D eigenvalue weighted by atomic mass is 16.2. The van der Waals surface area contributed by atoms with Gasteiger partial charge in [0.05, 0.1) is 24.1 Å². The molecule has 0 aliphatic heterocycles. The Hall–Kier alpha value is -3.35. The summed E-state index contributed by atoms with van der Waals surface area (Å²) in [7, 11) is 3.46. The van der Waals surface area contributed by atoms with Gasteiger partial charge in [0.2, 0.25) is 0 Å². The first-order chi connectivity index (χ1) is 12.5. The molecule has 0 saturated carbocycles. The van der Waals surface area contributed by atoms with Gasteiger partial charge in [-0.1, -0.05) is 12.1 Å². The summed E-state index contributed by atoms with van der Waals surface area (Å²) in [6.45, 7) is 2.43. The molecule has 0 atom stereocenters. The second-order valence-electron chi connectivity index (χ2n) is 6.05. The van der Waals surface area contributed by atoms with Crippen molar-refractivity contribution in [2.75, 3.05) is 19.4 Å². The Kier molecular flexibility index (Phi) is 5.17. The number of nitrogens with one attached hydrogen (secondary N) is 1. The Labute approximate surface area is 152 Å². The number of anilines is 1. The van der Waals surface area contributed by atoms with Crippen molar-refractivity contribution >= 4 is 11.7 Å². The van der Waals surface area contributed by atoms with Gasteiger partial charge in [-0.25, -0.2) is 9.97 Å². The molecule has 0 aliphatic carbocycles. The molecule has 1 aromatic carbocycles. The van der Waals surface area contributed by atoms with Crippen LogP contribution in [0, 0.1) is 6.92 Å². The van der Waals surface area contributed by atoms with E-state index in [0.717, 1.165) is 17.0 Å². The number of hydrogen-bond donors (Lipinski definition) is 1. The third-order valence-corrected chi connectivity index (χ3v) is 3.74. The fourth-order valence-electron chi connectivity index (χ4n) is 2.31. The molecule has 1 N–H and O–H groups in total. The summed E-state index contributed by atoms with van der Waals surface area (Å²) in [5, 5.41) is 3.22. The van der Waals surface area contributed by atoms with Crippen LogP contribution in [0.5, 0.6) is 0 Å². The number of aromatic nitrogens is 4. The third kappa shape index (κ3) is 4.18. The van der Waals surface area contributed by atoms with E-state index in [-0.39, 0.29) is 5.91 Å². The summed E-state index contributed by atoms with van der Waals surface area (Å²) in [6, 6.07) is 9.06. The average Bonchev–Trinajstić information content (AvgIpc) is 2.67. The molecule has 0 aliphatic rings. The number of carbonyl (C=O) groups excluding carboxylic acids is 1. The molecule has 7 heteroatoms. The Morgan fingerprint density at radius 1 is 1.04 bits per heavy atom. The number of nitrogens with zero attached hydrogens (tertiary/aromatic N) is 5. The number of carbonyl (C=O) groups is 1. The van der Waals surface area contributed by atoms with Crippen LogP contribution < -0.4 is 5.32 Å². The van der Waals surface area contributed by atoms with Crippen LogP contribution in [0.1, 0.15) is 21.7 Å². The lowest BCUT2D eigenvalue weighted by atomic mass is 10.1. The zero-order valence-corrected chi connectivity index (χ0v) is 15.0. The molecule has 2 heterocycles. The molecule has 1 amide bonds. The van der Waals surface area contributed by atoms with Gasteiger partial charge in [-0.2, -0.15) is 0 Å². The molecular weight excluding hydrogens is 328 g/mol. The third-order valence-electron chi connectivity index (χ3n) is 3.74. The molecule has 0 spiro atoms. The quantitative estimate of drug-likeness (QED) is 0.763. The number of benzene rings is 1. The minimum atomic E-state index is -0.0351. The number of hydrogen-bond acceptors (Lipinski definition) is 6. The van der Waals surface area contributed by atoms with Crippen LogP contribution in [-0.4, -0.2) is 44.8 Å². The summed E-state index contributed by atoms with van der Waals surface area (Å²) in [4.78, 5) is 30.9. The predicted molar refractivity (Wildman–Crippen MR) is 99.6 cm³/mol. The summed E-state index contributed by atoms with van der Waals surface area (Å²) in [6.07, 6.45) is 5.17. The van der Waals surface area contributed by atoms with E-state index in [9.17, 15) is 4.79 Å². The van der Waals surface area contributed by atoms with Crippen LogP contribution >= 0.6 is 0 Å². The monoisotopic (exact) mass is 348 g/mol. The summed E-state index contributed by atoms with van der Waals surface area (Å²) in [5.41, 5.74) is 3.20. The van der Waals surface area contributed by atoms with Gasteiger partial charge in [-0.3, -0.25) is 14.8 Å². The molecule has 0 bridgehead atoms. The van der Waals surface area contributed by atoms with Crippen molar-refractivity contribution in [3.05, 3.63) is 65.9 Å². The number of amides is 1. The number of aryl methyl sites for hydroxylation is 1. The maximum Gasteiger partial charge on any atom is 0.253 e. The van der Waals surface area contributed by atoms with E-state index < -0.39 is 0 Å². The van der Waals surface area contributed by atoms with Gasteiger partial charge in [-0.15, -0.1) is 0 Å². The number of rotatable bonds is 5. The maximum atomic E-state index is 12.0. The smallest absolute Gasteiger partial charge is 0.253 e. The summed E-state index contributed by atoms with van der Waals surface area (Å²) < 4.78 is 0. The van der Waals surface area contributed by atoms with Gasteiger partial charge in [0.15, 0.2) is 5.82 Å². The highest BCUT2D eigenvalue weighted by Crippen LogP contribution is 2.18. The normalized spacial score (nSPS) is 10.4. The van der Waals surface area contributed by atoms with E-state index in [1.807, 2.05) is 19.1 Å². The second-order valence-corrected chi connectivity index (χ2v) is 6.05. The molecule has 26 heavy (non-hydrogen) atoms. The van der Waals surface area contributed by atoms with Gasteiger partial charge in [0, 0.05) is 37.6 Å². The Balaban J connectivity index is 1.72. The Morgan fingerprint density at radius 3 is 2.46 bits per heavy atom. The van der Waals surface area contributed by atoms with Crippen molar-refractivity contribution < 1.29 is 4.79 Å². The van der Waals surface area contributed by atoms with Gasteiger partial charge >= 0.3 is 0 Å². The van der Waals surface area contributed by atoms with E-state index >= 15 is 0 Å². The fourth-order valence-corrected chi connectivity index (χ4v) is 2.31. The maximum absolute atomic E-state index is 12.0. The van der Waals surface area contributed by atoms with Gasteiger partial charge in [0.1, 0.15) is 5.82 Å². The molecule has 3 aromatic rings. The molecule has 7 nitrogen and oxygen atoms in total. The van der Waals surface area contributed by atoms with E-state index in [0.29, 0.717) is 23.8 Å². The van der Waals surface area contributed by atoms with Crippen molar-refractivity contribution in [2.45, 2.75) is 13.5 Å². The van der Waals surface area contributed by atoms with E-state index in [4.69, 9.17) is 0 Å². The minimum absolute atomic E-state index is 0.0351. The zero-order chi connectivity index (χ0) is 18.5. The minimum Gasteiger partial charge on any atom is -0.364 e. The van der Waals surface area contributed by atoms with E-state index in [1.54, 1.807) is 55.8 Å². The fraction of sp³-hybridized carbons (Fsp3) is 0.211. The largest absolute Gasteiger partial charge is 0.364 e. The van der Waals surface area contributed by atoms with Crippen LogP contribution in [0.3, 0.4) is 0 Å². The Morgan fingerprint density at radius 2 is 1.81 bits per heavy atom. The topological polar surface area (TPSA) is 83.9 Å². The molecular formula is C19H20N6O. The highest BCUT2D eigenvalue weighted by Gasteiger charge is 2.09. The first-order valence-electron chi connectivity index (χ1n) is 8.19. The molecule has 0 fully saturated rings. The SMILES string of the molecule is Cc1cnc(CNc2ccnc(-c3ccc(C(=O)N(C)C)cc3)n2)cn1. The second kappa shape index (κ2) is 7.69. The average molecular weight is 348 g/mol. The van der Waals surface area contributed by atoms with Crippen molar-refractivity contribution in [1.29, 1.82) is 0 Å². The predicted octanol–water partition coefficient (Wildman–Crippen LogP) is 2.56. The van der Waals surface area contributed by atoms with Crippen molar-refractivity contribution in [1.82, 2.24) is 24.8 Å². The molecule has 0 saturated heterocycles. The van der Waals surface area contributed by atoms with Crippen LogP contribution in [0.15, 0.2) is 48.9 Å². The molecule has 2 aromatic heterocycles. The van der Waals surface area contributed by atoms with Crippen molar-refractivity contribution in [3.8, 4) is 11.4 Å². The highest BCUT2D eigenvalue weighted by molar-refractivity contribution is 5.94. The summed E-state index contributed by atoms with van der Waals surface area (Å²) in [5.74, 6) is 1.26. The molecule has 0 radical (unpaired) electrons. The van der Waals surface area contributed by atoms with Gasteiger partial charge < -0.3 is 10.2 Å². The lowest BCUT2D eigenvalue weighted by molar-refractivity contribution is 0.0827. The van der Waals surface area contributed by atoms with Crippen LogP contribution in [0.2, 0.25) is 0 Å². The molecule has 3 rings (SSSR count). The standard InChI is InChI=1S/C19H20N6O/c1-13-10-22-16(11-21-13)12-23-17-8-9-20-18(24-17)14-4-6-15(7-5-14)19(26)25(2)3/h4-11H,12H2,1-3H3,(H,20,23,24). The Bertz CT molecular complexity index is 891. The molecule has 132 valence electrons. The van der Waals surface area contributed by atoms with E-state index in [1.165, 1.54) is 0 Å². The van der Waals surface area contributed by atoms with Crippen LogP contribution in [-0.2, 0) is 6.54 Å². The lowest BCUT2D eigenvalue weighted by Gasteiger charge is -2.10. The molecule has 0 unspecified atom stereocenters. The van der Waals surface area contributed by atoms with Crippen LogP contribution in [0.25, 0.3) is 11.4 Å². The first-order valence-corrected chi connectivity index (χ1v) is 8.19.